The molecule has 8 aromatic rings. The van der Waals surface area contributed by atoms with Crippen LogP contribution >= 0.6 is 0 Å². The number of furan rings is 1. The summed E-state index contributed by atoms with van der Waals surface area (Å²) < 4.78 is 6.53. The molecule has 1 heterocycles. The molecule has 10 rings (SSSR count). The molecule has 0 unspecified atom stereocenters. The van der Waals surface area contributed by atoms with Crippen LogP contribution in [0.1, 0.15) is 68.6 Å². The van der Waals surface area contributed by atoms with Crippen LogP contribution in [0.2, 0.25) is 0 Å². The Balaban J connectivity index is 1.26. The Labute approximate surface area is 300 Å². The first-order valence-corrected chi connectivity index (χ1v) is 18.6. The second kappa shape index (κ2) is 11.7. The molecule has 0 bridgehead atoms. The topological polar surface area (TPSA) is 16.4 Å². The Morgan fingerprint density at radius 2 is 1.22 bits per heavy atom. The second-order valence-electron chi connectivity index (χ2n) is 15.1. The van der Waals surface area contributed by atoms with Crippen molar-refractivity contribution < 1.29 is 4.42 Å². The molecule has 0 radical (unpaired) electrons. The fourth-order valence-electron chi connectivity index (χ4n) is 9.43. The third kappa shape index (κ3) is 4.69. The Kier molecular flexibility index (Phi) is 6.96. The largest absolute Gasteiger partial charge is 0.456 e. The molecule has 51 heavy (non-hydrogen) atoms. The number of hydrogen-bond donors (Lipinski definition) is 0. The van der Waals surface area contributed by atoms with Gasteiger partial charge in [-0.05, 0) is 87.7 Å². The van der Waals surface area contributed by atoms with Crippen molar-refractivity contribution in [3.63, 3.8) is 0 Å². The zero-order valence-electron chi connectivity index (χ0n) is 29.3. The van der Waals surface area contributed by atoms with E-state index in [-0.39, 0.29) is 5.41 Å². The van der Waals surface area contributed by atoms with Crippen molar-refractivity contribution in [2.75, 3.05) is 4.90 Å². The average Bonchev–Trinajstić information content (AvgIpc) is 3.67. The SMILES string of the molecule is CC1(C)c2ccccc2-c2c(N(c3ccc4c(c3)oc3ccccc34)c3ccccc3-c3cccc4cccc(C5CCCCC5)c34)cccc21. The zero-order chi connectivity index (χ0) is 34.1. The van der Waals surface area contributed by atoms with Gasteiger partial charge < -0.3 is 9.32 Å². The van der Waals surface area contributed by atoms with E-state index in [1.165, 1.54) is 87.5 Å². The van der Waals surface area contributed by atoms with Gasteiger partial charge in [0.1, 0.15) is 11.2 Å². The number of rotatable bonds is 5. The van der Waals surface area contributed by atoms with E-state index in [2.05, 4.69) is 158 Å². The van der Waals surface area contributed by atoms with E-state index in [1.807, 2.05) is 6.07 Å². The smallest absolute Gasteiger partial charge is 0.137 e. The van der Waals surface area contributed by atoms with Crippen LogP contribution in [0.4, 0.5) is 17.1 Å². The third-order valence-electron chi connectivity index (χ3n) is 11.9. The number of benzene rings is 7. The number of para-hydroxylation sites is 2. The van der Waals surface area contributed by atoms with Crippen molar-refractivity contribution in [3.05, 3.63) is 162 Å². The van der Waals surface area contributed by atoms with E-state index in [4.69, 9.17) is 4.42 Å². The number of fused-ring (bicyclic) bond motifs is 7. The molecule has 2 nitrogen and oxygen atoms in total. The molecule has 0 atom stereocenters. The van der Waals surface area contributed by atoms with Gasteiger partial charge in [0.25, 0.3) is 0 Å². The predicted molar refractivity (Wildman–Crippen MR) is 215 cm³/mol. The summed E-state index contributed by atoms with van der Waals surface area (Å²) in [7, 11) is 0. The molecule has 0 amide bonds. The maximum atomic E-state index is 6.53. The second-order valence-corrected chi connectivity index (χ2v) is 15.1. The van der Waals surface area contributed by atoms with E-state index in [0.717, 1.165) is 33.3 Å². The first-order chi connectivity index (χ1) is 25.1. The molecule has 248 valence electrons. The van der Waals surface area contributed by atoms with Crippen LogP contribution in [-0.2, 0) is 5.41 Å². The lowest BCUT2D eigenvalue weighted by Gasteiger charge is -2.31. The summed E-state index contributed by atoms with van der Waals surface area (Å²) in [5.41, 5.74) is 14.5. The van der Waals surface area contributed by atoms with E-state index in [0.29, 0.717) is 5.92 Å². The Morgan fingerprint density at radius 1 is 0.549 bits per heavy atom. The first-order valence-electron chi connectivity index (χ1n) is 18.6. The van der Waals surface area contributed by atoms with Gasteiger partial charge in [-0.15, -0.1) is 0 Å². The van der Waals surface area contributed by atoms with Crippen LogP contribution < -0.4 is 4.90 Å². The highest BCUT2D eigenvalue weighted by Crippen LogP contribution is 2.55. The molecule has 0 saturated heterocycles. The molecular weight excluding hydrogens is 619 g/mol. The van der Waals surface area contributed by atoms with Gasteiger partial charge in [-0.2, -0.15) is 0 Å². The molecule has 2 aliphatic rings. The van der Waals surface area contributed by atoms with E-state index < -0.39 is 0 Å². The van der Waals surface area contributed by atoms with Gasteiger partial charge in [0.05, 0.1) is 11.4 Å². The van der Waals surface area contributed by atoms with E-state index in [9.17, 15) is 0 Å². The van der Waals surface area contributed by atoms with Gasteiger partial charge in [-0.1, -0.05) is 142 Å². The molecule has 2 aliphatic carbocycles. The summed E-state index contributed by atoms with van der Waals surface area (Å²) in [6, 6.07) is 53.9. The molecule has 1 saturated carbocycles. The number of anilines is 3. The normalized spacial score (nSPS) is 15.3. The van der Waals surface area contributed by atoms with Gasteiger partial charge in [-0.3, -0.25) is 0 Å². The highest BCUT2D eigenvalue weighted by atomic mass is 16.3. The summed E-state index contributed by atoms with van der Waals surface area (Å²) >= 11 is 0. The highest BCUT2D eigenvalue weighted by molar-refractivity contribution is 6.08. The third-order valence-corrected chi connectivity index (χ3v) is 11.9. The zero-order valence-corrected chi connectivity index (χ0v) is 29.3. The van der Waals surface area contributed by atoms with Gasteiger partial charge >= 0.3 is 0 Å². The van der Waals surface area contributed by atoms with Gasteiger partial charge in [-0.25, -0.2) is 0 Å². The minimum Gasteiger partial charge on any atom is -0.456 e. The van der Waals surface area contributed by atoms with Crippen molar-refractivity contribution in [1.82, 2.24) is 0 Å². The minimum absolute atomic E-state index is 0.111. The summed E-state index contributed by atoms with van der Waals surface area (Å²) in [4.78, 5) is 2.50. The summed E-state index contributed by atoms with van der Waals surface area (Å²) in [6.07, 6.45) is 6.51. The van der Waals surface area contributed by atoms with Crippen molar-refractivity contribution in [2.45, 2.75) is 57.3 Å². The molecule has 2 heteroatoms. The van der Waals surface area contributed by atoms with Crippen LogP contribution in [0.3, 0.4) is 0 Å². The van der Waals surface area contributed by atoms with Gasteiger partial charge in [0.2, 0.25) is 0 Å². The monoisotopic (exact) mass is 659 g/mol. The van der Waals surface area contributed by atoms with Crippen molar-refractivity contribution in [1.29, 1.82) is 0 Å². The Hall–Kier alpha value is -5.60. The standard InChI is InChI=1S/C49H41NO/c1-49(2)41-24-9-6-21-40(41)48-42(49)25-14-27-44(48)50(34-29-30-38-37-20-8-11-28-45(37)51-46(38)31-34)43-26-10-7-19-36(43)39-23-13-18-33-17-12-22-35(47(33)39)32-15-4-3-5-16-32/h6-14,17-32H,3-5,15-16H2,1-2H3. The minimum atomic E-state index is -0.111. The summed E-state index contributed by atoms with van der Waals surface area (Å²) in [5.74, 6) is 0.596. The van der Waals surface area contributed by atoms with Gasteiger partial charge in [0, 0.05) is 39.1 Å². The highest BCUT2D eigenvalue weighted by Gasteiger charge is 2.38. The molecule has 0 aliphatic heterocycles. The average molecular weight is 660 g/mol. The van der Waals surface area contributed by atoms with Crippen molar-refractivity contribution in [2.24, 2.45) is 0 Å². The Morgan fingerprint density at radius 3 is 2.10 bits per heavy atom. The molecule has 0 N–H and O–H groups in total. The predicted octanol–water partition coefficient (Wildman–Crippen LogP) is 14.2. The quantitative estimate of drug-likeness (QED) is 0.183. The number of hydrogen-bond acceptors (Lipinski definition) is 2. The molecular formula is C49H41NO. The first kappa shape index (κ1) is 30.2. The number of nitrogens with zero attached hydrogens (tertiary/aromatic N) is 1. The molecule has 0 spiro atoms. The fourth-order valence-corrected chi connectivity index (χ4v) is 9.43. The lowest BCUT2D eigenvalue weighted by Crippen LogP contribution is -2.16. The van der Waals surface area contributed by atoms with Crippen LogP contribution in [-0.4, -0.2) is 0 Å². The fraction of sp³-hybridized carbons (Fsp3) is 0.184. The summed E-state index contributed by atoms with van der Waals surface area (Å²) in [6.45, 7) is 4.73. The molecule has 1 fully saturated rings. The van der Waals surface area contributed by atoms with E-state index in [1.54, 1.807) is 0 Å². The van der Waals surface area contributed by atoms with Gasteiger partial charge in [0.15, 0.2) is 0 Å². The van der Waals surface area contributed by atoms with Crippen LogP contribution in [0.15, 0.2) is 150 Å². The molecule has 1 aromatic heterocycles. The Bertz CT molecular complexity index is 2610. The van der Waals surface area contributed by atoms with E-state index >= 15 is 0 Å². The maximum absolute atomic E-state index is 6.53. The van der Waals surface area contributed by atoms with Crippen molar-refractivity contribution >= 4 is 49.8 Å². The van der Waals surface area contributed by atoms with Crippen LogP contribution in [0.25, 0.3) is 55.0 Å². The van der Waals surface area contributed by atoms with Crippen LogP contribution in [0, 0.1) is 0 Å². The lowest BCUT2D eigenvalue weighted by atomic mass is 9.80. The molecule has 7 aromatic carbocycles. The summed E-state index contributed by atoms with van der Waals surface area (Å²) in [5, 5.41) is 5.00. The van der Waals surface area contributed by atoms with Crippen molar-refractivity contribution in [3.8, 4) is 22.3 Å². The lowest BCUT2D eigenvalue weighted by molar-refractivity contribution is 0.445. The van der Waals surface area contributed by atoms with Crippen LogP contribution in [0.5, 0.6) is 0 Å². The maximum Gasteiger partial charge on any atom is 0.137 e.